The van der Waals surface area contributed by atoms with E-state index in [1.165, 1.54) is 32.1 Å². The molecule has 0 spiro atoms. The number of hydrogen-bond donors (Lipinski definition) is 3. The van der Waals surface area contributed by atoms with E-state index in [0.717, 1.165) is 12.1 Å². The van der Waals surface area contributed by atoms with Crippen molar-refractivity contribution in [3.8, 4) is 11.5 Å². The third-order valence-electron chi connectivity index (χ3n) is 5.72. The Morgan fingerprint density at radius 1 is 1.21 bits per heavy atom. The molecule has 166 valence electrons. The first-order valence-electron chi connectivity index (χ1n) is 10.8. The Morgan fingerprint density at radius 3 is 2.59 bits per heavy atom. The molecule has 0 saturated heterocycles. The van der Waals surface area contributed by atoms with Crippen molar-refractivity contribution < 1.29 is 19.7 Å². The molecule has 6 heteroatoms. The number of rotatable bonds is 12. The van der Waals surface area contributed by atoms with Crippen LogP contribution in [0.4, 0.5) is 0 Å². The Hall–Kier alpha value is -1.34. The highest BCUT2D eigenvalue weighted by Gasteiger charge is 2.21. The van der Waals surface area contributed by atoms with E-state index >= 15 is 0 Å². The molecule has 0 unspecified atom stereocenters. The zero-order valence-electron chi connectivity index (χ0n) is 18.6. The van der Waals surface area contributed by atoms with Crippen LogP contribution >= 0.6 is 0 Å². The zero-order valence-corrected chi connectivity index (χ0v) is 18.6. The Balaban J connectivity index is 1.81. The third kappa shape index (κ3) is 8.13. The lowest BCUT2D eigenvalue weighted by molar-refractivity contribution is 0.0553. The number of methoxy groups -OCH3 is 1. The first kappa shape index (κ1) is 23.9. The number of ether oxygens (including phenoxy) is 2. The van der Waals surface area contributed by atoms with Gasteiger partial charge in [-0.2, -0.15) is 0 Å². The number of nitrogens with zero attached hydrogens (tertiary/aromatic N) is 1. The summed E-state index contributed by atoms with van der Waals surface area (Å²) in [5, 5.41) is 23.1. The van der Waals surface area contributed by atoms with Gasteiger partial charge >= 0.3 is 0 Å². The van der Waals surface area contributed by atoms with Crippen LogP contribution in [0.25, 0.3) is 0 Å². The summed E-state index contributed by atoms with van der Waals surface area (Å²) in [4.78, 5) is 2.27. The molecule has 1 atom stereocenters. The van der Waals surface area contributed by atoms with Gasteiger partial charge < -0.3 is 29.9 Å². The number of likely N-dealkylation sites (N-methyl/N-ethyl adjacent to an activating group) is 1. The van der Waals surface area contributed by atoms with Crippen LogP contribution in [0.2, 0.25) is 0 Å². The molecule has 1 aliphatic rings. The van der Waals surface area contributed by atoms with Crippen LogP contribution in [0, 0.1) is 5.41 Å². The zero-order chi connectivity index (χ0) is 21.3. The van der Waals surface area contributed by atoms with Gasteiger partial charge in [-0.05, 0) is 37.6 Å². The average molecular weight is 409 g/mol. The van der Waals surface area contributed by atoms with Gasteiger partial charge in [0.25, 0.3) is 0 Å². The standard InChI is InChI=1S/C23H40N2O4/c1-23(2,17-26)16-24-13-18-10-11-21(22(12-18)28-4)29-15-20(27)14-25(3)19-8-6-5-7-9-19/h10-12,19-20,24,26-27H,5-9,13-17H2,1-4H3/t20-/m1/s1. The van der Waals surface area contributed by atoms with E-state index in [0.29, 0.717) is 30.6 Å². The summed E-state index contributed by atoms with van der Waals surface area (Å²) >= 11 is 0. The minimum Gasteiger partial charge on any atom is -0.493 e. The minimum atomic E-state index is -0.534. The lowest BCUT2D eigenvalue weighted by atomic mass is 9.94. The first-order valence-corrected chi connectivity index (χ1v) is 10.8. The maximum Gasteiger partial charge on any atom is 0.161 e. The molecular formula is C23H40N2O4. The summed E-state index contributed by atoms with van der Waals surface area (Å²) in [6.45, 7) is 6.47. The van der Waals surface area contributed by atoms with E-state index < -0.39 is 6.10 Å². The fraction of sp³-hybridized carbons (Fsp3) is 0.739. The maximum atomic E-state index is 10.4. The topological polar surface area (TPSA) is 74.2 Å². The molecule has 29 heavy (non-hydrogen) atoms. The van der Waals surface area contributed by atoms with Crippen molar-refractivity contribution in [2.24, 2.45) is 5.41 Å². The molecule has 0 radical (unpaired) electrons. The molecule has 3 N–H and O–H groups in total. The number of aliphatic hydroxyl groups excluding tert-OH is 2. The Morgan fingerprint density at radius 2 is 1.93 bits per heavy atom. The Bertz CT molecular complexity index is 603. The Labute approximate surface area is 176 Å². The molecule has 1 aliphatic carbocycles. The van der Waals surface area contributed by atoms with Gasteiger partial charge in [0.15, 0.2) is 11.5 Å². The molecule has 1 saturated carbocycles. The predicted octanol–water partition coefficient (Wildman–Crippen LogP) is 2.81. The van der Waals surface area contributed by atoms with Crippen LogP contribution in [0.5, 0.6) is 11.5 Å². The molecule has 0 amide bonds. The van der Waals surface area contributed by atoms with Crippen LogP contribution in [0.3, 0.4) is 0 Å². The van der Waals surface area contributed by atoms with E-state index in [9.17, 15) is 10.2 Å². The second-order valence-corrected chi connectivity index (χ2v) is 9.11. The van der Waals surface area contributed by atoms with Gasteiger partial charge in [0, 0.05) is 37.7 Å². The van der Waals surface area contributed by atoms with Crippen molar-refractivity contribution in [3.05, 3.63) is 23.8 Å². The summed E-state index contributed by atoms with van der Waals surface area (Å²) in [6, 6.07) is 6.42. The lowest BCUT2D eigenvalue weighted by Crippen LogP contribution is -2.40. The van der Waals surface area contributed by atoms with Gasteiger partial charge in [0.1, 0.15) is 12.7 Å². The van der Waals surface area contributed by atoms with Gasteiger partial charge in [-0.3, -0.25) is 0 Å². The fourth-order valence-corrected chi connectivity index (χ4v) is 3.78. The highest BCUT2D eigenvalue weighted by atomic mass is 16.5. The van der Waals surface area contributed by atoms with Crippen molar-refractivity contribution in [1.82, 2.24) is 10.2 Å². The van der Waals surface area contributed by atoms with Gasteiger partial charge in [0.2, 0.25) is 0 Å². The predicted molar refractivity (Wildman–Crippen MR) is 117 cm³/mol. The highest BCUT2D eigenvalue weighted by molar-refractivity contribution is 5.43. The second kappa shape index (κ2) is 11.7. The van der Waals surface area contributed by atoms with Crippen molar-refractivity contribution in [2.45, 2.75) is 64.6 Å². The molecule has 1 aromatic carbocycles. The fourth-order valence-electron chi connectivity index (χ4n) is 3.78. The summed E-state index contributed by atoms with van der Waals surface area (Å²) < 4.78 is 11.3. The van der Waals surface area contributed by atoms with Crippen LogP contribution in [0.1, 0.15) is 51.5 Å². The van der Waals surface area contributed by atoms with E-state index in [4.69, 9.17) is 9.47 Å². The number of hydrogen-bond acceptors (Lipinski definition) is 6. The van der Waals surface area contributed by atoms with Crippen LogP contribution in [0.15, 0.2) is 18.2 Å². The minimum absolute atomic E-state index is 0.145. The van der Waals surface area contributed by atoms with Crippen LogP contribution in [-0.2, 0) is 6.54 Å². The monoisotopic (exact) mass is 408 g/mol. The van der Waals surface area contributed by atoms with E-state index in [1.54, 1.807) is 7.11 Å². The van der Waals surface area contributed by atoms with Crippen molar-refractivity contribution >= 4 is 0 Å². The van der Waals surface area contributed by atoms with Crippen LogP contribution < -0.4 is 14.8 Å². The molecular weight excluding hydrogens is 368 g/mol. The summed E-state index contributed by atoms with van der Waals surface area (Å²) in [6.07, 6.45) is 5.83. The van der Waals surface area contributed by atoms with E-state index in [-0.39, 0.29) is 18.6 Å². The number of aliphatic hydroxyl groups is 2. The normalized spacial score (nSPS) is 16.8. The van der Waals surface area contributed by atoms with Gasteiger partial charge in [-0.15, -0.1) is 0 Å². The molecule has 1 aromatic rings. The third-order valence-corrected chi connectivity index (χ3v) is 5.72. The molecule has 2 rings (SSSR count). The van der Waals surface area contributed by atoms with Crippen molar-refractivity contribution in [1.29, 1.82) is 0 Å². The smallest absolute Gasteiger partial charge is 0.161 e. The largest absolute Gasteiger partial charge is 0.493 e. The highest BCUT2D eigenvalue weighted by Crippen LogP contribution is 2.28. The quantitative estimate of drug-likeness (QED) is 0.494. The van der Waals surface area contributed by atoms with Crippen LogP contribution in [-0.4, -0.2) is 67.7 Å². The van der Waals surface area contributed by atoms with Gasteiger partial charge in [-0.1, -0.05) is 39.2 Å². The number of benzene rings is 1. The SMILES string of the molecule is COc1cc(CNCC(C)(C)CO)ccc1OC[C@H](O)CN(C)C1CCCCC1. The average Bonchev–Trinajstić information content (AvgIpc) is 2.73. The molecule has 0 bridgehead atoms. The molecule has 1 fully saturated rings. The maximum absolute atomic E-state index is 10.4. The molecule has 6 nitrogen and oxygen atoms in total. The van der Waals surface area contributed by atoms with Gasteiger partial charge in [0.05, 0.1) is 7.11 Å². The number of nitrogens with one attached hydrogen (secondary N) is 1. The molecule has 0 aromatic heterocycles. The van der Waals surface area contributed by atoms with Crippen molar-refractivity contribution in [2.75, 3.05) is 40.5 Å². The molecule has 0 heterocycles. The van der Waals surface area contributed by atoms with E-state index in [2.05, 4.69) is 17.3 Å². The van der Waals surface area contributed by atoms with E-state index in [1.807, 2.05) is 32.0 Å². The first-order chi connectivity index (χ1) is 13.8. The lowest BCUT2D eigenvalue weighted by Gasteiger charge is -2.32. The summed E-state index contributed by atoms with van der Waals surface area (Å²) in [5.41, 5.74) is 0.939. The summed E-state index contributed by atoms with van der Waals surface area (Å²) in [5.74, 6) is 1.31. The second-order valence-electron chi connectivity index (χ2n) is 9.11. The van der Waals surface area contributed by atoms with Gasteiger partial charge in [-0.25, -0.2) is 0 Å². The Kier molecular flexibility index (Phi) is 9.69. The summed E-state index contributed by atoms with van der Waals surface area (Å²) in [7, 11) is 3.72. The molecule has 0 aliphatic heterocycles. The van der Waals surface area contributed by atoms with Crippen molar-refractivity contribution in [3.63, 3.8) is 0 Å².